The molecule has 1 heterocycles. The van der Waals surface area contributed by atoms with E-state index >= 15 is 0 Å². The Morgan fingerprint density at radius 3 is 2.48 bits per heavy atom. The van der Waals surface area contributed by atoms with Crippen LogP contribution >= 0.6 is 23.2 Å². The molecule has 1 saturated heterocycles. The first kappa shape index (κ1) is 19.7. The zero-order valence-electron chi connectivity index (χ0n) is 13.0. The molecule has 0 radical (unpaired) electrons. The molecule has 0 saturated carbocycles. The molecule has 0 unspecified atom stereocenters. The fourth-order valence-corrected chi connectivity index (χ4v) is 3.21. The standard InChI is InChI=1S/C15H15Cl2F3N2O3/c1-7(9-4-8(16)2-3-12(9)17)21-14(25)22-5-10(13(23)24)11(6-22)15(18,19)20/h2-4,7,10-11H,5-6H2,1H3,(H,21,25)(H,23,24)/t7-,10+,11+/m0/s1. The van der Waals surface area contributed by atoms with Gasteiger partial charge in [0.2, 0.25) is 0 Å². The van der Waals surface area contributed by atoms with E-state index in [0.29, 0.717) is 15.6 Å². The van der Waals surface area contributed by atoms with E-state index in [1.807, 2.05) is 0 Å². The maximum atomic E-state index is 13.0. The lowest BCUT2D eigenvalue weighted by Crippen LogP contribution is -2.40. The maximum Gasteiger partial charge on any atom is 0.394 e. The van der Waals surface area contributed by atoms with Gasteiger partial charge in [0.1, 0.15) is 0 Å². The van der Waals surface area contributed by atoms with E-state index in [9.17, 15) is 22.8 Å². The lowest BCUT2D eigenvalue weighted by Gasteiger charge is -2.22. The van der Waals surface area contributed by atoms with Crippen molar-refractivity contribution in [2.75, 3.05) is 13.1 Å². The molecular weight excluding hydrogens is 384 g/mol. The lowest BCUT2D eigenvalue weighted by atomic mass is 9.96. The molecule has 1 aromatic carbocycles. The minimum absolute atomic E-state index is 0.343. The number of hydrogen-bond acceptors (Lipinski definition) is 2. The van der Waals surface area contributed by atoms with Gasteiger partial charge in [0.15, 0.2) is 0 Å². The Labute approximate surface area is 151 Å². The van der Waals surface area contributed by atoms with E-state index in [4.69, 9.17) is 28.3 Å². The summed E-state index contributed by atoms with van der Waals surface area (Å²) in [6.07, 6.45) is -4.69. The molecule has 2 rings (SSSR count). The Balaban J connectivity index is 2.10. The van der Waals surface area contributed by atoms with E-state index in [-0.39, 0.29) is 0 Å². The molecule has 10 heteroatoms. The molecule has 138 valence electrons. The third-order valence-corrected chi connectivity index (χ3v) is 4.69. The van der Waals surface area contributed by atoms with Crippen molar-refractivity contribution in [3.05, 3.63) is 33.8 Å². The number of hydrogen-bond donors (Lipinski definition) is 2. The molecule has 1 fully saturated rings. The summed E-state index contributed by atoms with van der Waals surface area (Å²) in [5, 5.41) is 12.2. The topological polar surface area (TPSA) is 69.6 Å². The van der Waals surface area contributed by atoms with Crippen molar-refractivity contribution in [2.24, 2.45) is 11.8 Å². The summed E-state index contributed by atoms with van der Waals surface area (Å²) in [7, 11) is 0. The molecule has 0 aliphatic carbocycles. The number of rotatable bonds is 3. The van der Waals surface area contributed by atoms with Crippen LogP contribution in [-0.2, 0) is 4.79 Å². The number of amides is 2. The van der Waals surface area contributed by atoms with Gasteiger partial charge in [-0.05, 0) is 30.7 Å². The Kier molecular flexibility index (Phi) is 5.73. The van der Waals surface area contributed by atoms with E-state index in [1.54, 1.807) is 13.0 Å². The summed E-state index contributed by atoms with van der Waals surface area (Å²) in [6, 6.07) is 3.23. The number of likely N-dealkylation sites (tertiary alicyclic amines) is 1. The van der Waals surface area contributed by atoms with Crippen LogP contribution in [-0.4, -0.2) is 41.3 Å². The van der Waals surface area contributed by atoms with Gasteiger partial charge >= 0.3 is 18.2 Å². The van der Waals surface area contributed by atoms with Crippen LogP contribution in [0.4, 0.5) is 18.0 Å². The Morgan fingerprint density at radius 1 is 1.32 bits per heavy atom. The van der Waals surface area contributed by atoms with Crippen molar-refractivity contribution < 1.29 is 27.9 Å². The molecule has 2 N–H and O–H groups in total. The SMILES string of the molecule is C[C@H](NC(=O)N1C[C@@H](C(F)(F)F)[C@H](C(=O)O)C1)c1cc(Cl)ccc1Cl. The van der Waals surface area contributed by atoms with Crippen LogP contribution in [0.1, 0.15) is 18.5 Å². The molecule has 25 heavy (non-hydrogen) atoms. The van der Waals surface area contributed by atoms with E-state index in [2.05, 4.69) is 5.32 Å². The number of carboxylic acids is 1. The highest BCUT2D eigenvalue weighted by atomic mass is 35.5. The summed E-state index contributed by atoms with van der Waals surface area (Å²) in [5.41, 5.74) is 0.504. The van der Waals surface area contributed by atoms with Crippen molar-refractivity contribution in [2.45, 2.75) is 19.1 Å². The number of benzene rings is 1. The van der Waals surface area contributed by atoms with Gasteiger partial charge in [-0.15, -0.1) is 0 Å². The van der Waals surface area contributed by atoms with Crippen LogP contribution < -0.4 is 5.32 Å². The second-order valence-electron chi connectivity index (χ2n) is 5.83. The molecule has 3 atom stereocenters. The highest BCUT2D eigenvalue weighted by molar-refractivity contribution is 6.33. The summed E-state index contributed by atoms with van der Waals surface area (Å²) in [6.45, 7) is 0.380. The average molecular weight is 399 g/mol. The first-order chi connectivity index (χ1) is 11.5. The molecule has 1 aliphatic heterocycles. The van der Waals surface area contributed by atoms with Crippen molar-refractivity contribution in [3.63, 3.8) is 0 Å². The molecule has 1 aromatic rings. The van der Waals surface area contributed by atoms with Gasteiger partial charge in [-0.25, -0.2) is 4.79 Å². The zero-order valence-corrected chi connectivity index (χ0v) is 14.5. The number of nitrogens with zero attached hydrogens (tertiary/aromatic N) is 1. The van der Waals surface area contributed by atoms with E-state index in [0.717, 1.165) is 4.90 Å². The summed E-state index contributed by atoms with van der Waals surface area (Å²) >= 11 is 11.9. The predicted molar refractivity (Wildman–Crippen MR) is 85.7 cm³/mol. The summed E-state index contributed by atoms with van der Waals surface area (Å²) < 4.78 is 38.9. The van der Waals surface area contributed by atoms with Crippen LogP contribution in [0.15, 0.2) is 18.2 Å². The zero-order chi connectivity index (χ0) is 18.9. The minimum atomic E-state index is -4.69. The van der Waals surface area contributed by atoms with Crippen LogP contribution in [0, 0.1) is 11.8 Å². The normalized spacial score (nSPS) is 21.9. The number of carbonyl (C=O) groups excluding carboxylic acids is 1. The lowest BCUT2D eigenvalue weighted by molar-refractivity contribution is -0.187. The van der Waals surface area contributed by atoms with Crippen molar-refractivity contribution in [1.82, 2.24) is 10.2 Å². The number of aliphatic carboxylic acids is 1. The molecular formula is C15H15Cl2F3N2O3. The molecule has 1 aliphatic rings. The van der Waals surface area contributed by atoms with Gasteiger partial charge < -0.3 is 15.3 Å². The van der Waals surface area contributed by atoms with Crippen LogP contribution in [0.2, 0.25) is 10.0 Å². The third kappa shape index (κ3) is 4.49. The third-order valence-electron chi connectivity index (χ3n) is 4.11. The number of halogens is 5. The minimum Gasteiger partial charge on any atom is -0.481 e. The average Bonchev–Trinajstić information content (AvgIpc) is 2.95. The molecule has 5 nitrogen and oxygen atoms in total. The van der Waals surface area contributed by atoms with Gasteiger partial charge in [0.25, 0.3) is 0 Å². The van der Waals surface area contributed by atoms with E-state index in [1.165, 1.54) is 12.1 Å². The number of carbonyl (C=O) groups is 2. The first-order valence-electron chi connectivity index (χ1n) is 7.30. The second kappa shape index (κ2) is 7.29. The largest absolute Gasteiger partial charge is 0.481 e. The monoisotopic (exact) mass is 398 g/mol. The number of urea groups is 1. The van der Waals surface area contributed by atoms with Gasteiger partial charge in [0.05, 0.1) is 17.9 Å². The number of nitrogens with one attached hydrogen (secondary N) is 1. The van der Waals surface area contributed by atoms with Crippen LogP contribution in [0.5, 0.6) is 0 Å². The van der Waals surface area contributed by atoms with Gasteiger partial charge in [-0.3, -0.25) is 4.79 Å². The van der Waals surface area contributed by atoms with Crippen molar-refractivity contribution in [1.29, 1.82) is 0 Å². The number of alkyl halides is 3. The highest BCUT2D eigenvalue weighted by Crippen LogP contribution is 2.38. The number of carboxylic acid groups (broad SMARTS) is 1. The quantitative estimate of drug-likeness (QED) is 0.809. The summed E-state index contributed by atoms with van der Waals surface area (Å²) in [5.74, 6) is -5.36. The van der Waals surface area contributed by atoms with Gasteiger partial charge in [0, 0.05) is 23.1 Å². The molecule has 0 aromatic heterocycles. The Bertz CT molecular complexity index is 684. The summed E-state index contributed by atoms with van der Waals surface area (Å²) in [4.78, 5) is 24.2. The highest BCUT2D eigenvalue weighted by Gasteiger charge is 2.53. The Morgan fingerprint density at radius 2 is 1.96 bits per heavy atom. The van der Waals surface area contributed by atoms with Gasteiger partial charge in [-0.1, -0.05) is 23.2 Å². The van der Waals surface area contributed by atoms with Crippen molar-refractivity contribution >= 4 is 35.2 Å². The molecule has 0 bridgehead atoms. The smallest absolute Gasteiger partial charge is 0.394 e. The molecule has 2 amide bonds. The fraction of sp³-hybridized carbons (Fsp3) is 0.467. The van der Waals surface area contributed by atoms with Gasteiger partial charge in [-0.2, -0.15) is 13.2 Å². The molecule has 0 spiro atoms. The van der Waals surface area contributed by atoms with E-state index < -0.39 is 49.1 Å². The Hall–Kier alpha value is -1.67. The second-order valence-corrected chi connectivity index (χ2v) is 6.68. The van der Waals surface area contributed by atoms with Crippen LogP contribution in [0.3, 0.4) is 0 Å². The van der Waals surface area contributed by atoms with Crippen LogP contribution in [0.25, 0.3) is 0 Å². The predicted octanol–water partition coefficient (Wildman–Crippen LogP) is 3.96. The maximum absolute atomic E-state index is 13.0. The first-order valence-corrected chi connectivity index (χ1v) is 8.06. The fourth-order valence-electron chi connectivity index (χ4n) is 2.75. The van der Waals surface area contributed by atoms with Crippen molar-refractivity contribution in [3.8, 4) is 0 Å².